The first kappa shape index (κ1) is 11.1. The Bertz CT molecular complexity index is 709. The predicted octanol–water partition coefficient (Wildman–Crippen LogP) is 1.73. The Kier molecular flexibility index (Phi) is 2.48. The normalized spacial score (nSPS) is 17.7. The second-order valence-corrected chi connectivity index (χ2v) is 6.10. The van der Waals surface area contributed by atoms with Gasteiger partial charge in [0.05, 0.1) is 16.7 Å². The molecule has 0 spiro atoms. The molecular formula is C13H11N2O2S+. The average Bonchev–Trinajstić information content (AvgIpc) is 2.84. The maximum absolute atomic E-state index is 12.5. The van der Waals surface area contributed by atoms with Crippen LogP contribution in [0.15, 0.2) is 58.5 Å². The Morgan fingerprint density at radius 1 is 1.06 bits per heavy atom. The zero-order chi connectivity index (χ0) is 12.6. The van der Waals surface area contributed by atoms with Gasteiger partial charge in [0.2, 0.25) is 0 Å². The van der Waals surface area contributed by atoms with Crippen LogP contribution in [0.3, 0.4) is 0 Å². The highest BCUT2D eigenvalue weighted by Gasteiger charge is 2.37. The quantitative estimate of drug-likeness (QED) is 0.824. The van der Waals surface area contributed by atoms with Gasteiger partial charge in [-0.05, 0) is 24.3 Å². The number of hydrogen-bond donors (Lipinski definition) is 0. The zero-order valence-electron chi connectivity index (χ0n) is 9.45. The molecule has 0 bridgehead atoms. The summed E-state index contributed by atoms with van der Waals surface area (Å²) in [6, 6.07) is 12.0. The lowest BCUT2D eigenvalue weighted by molar-refractivity contribution is -0.362. The largest absolute Gasteiger partial charge is 0.325 e. The highest BCUT2D eigenvalue weighted by molar-refractivity contribution is 7.92. The summed E-state index contributed by atoms with van der Waals surface area (Å²) in [4.78, 5) is 7.37. The molecule has 18 heavy (non-hydrogen) atoms. The molecular weight excluding hydrogens is 248 g/mol. The molecule has 0 saturated heterocycles. The van der Waals surface area contributed by atoms with Crippen molar-refractivity contribution < 1.29 is 13.4 Å². The van der Waals surface area contributed by atoms with Crippen molar-refractivity contribution in [2.24, 2.45) is 4.99 Å². The minimum atomic E-state index is -3.42. The molecule has 1 aromatic carbocycles. The molecule has 0 fully saturated rings. The smallest absolute Gasteiger partial charge is 0.244 e. The lowest BCUT2D eigenvalue weighted by atomic mass is 10.2. The van der Waals surface area contributed by atoms with E-state index in [9.17, 15) is 8.42 Å². The molecule has 0 saturated carbocycles. The van der Waals surface area contributed by atoms with Crippen LogP contribution < -0.4 is 4.98 Å². The molecule has 3 rings (SSSR count). The number of pyridine rings is 1. The lowest BCUT2D eigenvalue weighted by Crippen LogP contribution is -2.14. The van der Waals surface area contributed by atoms with Gasteiger partial charge in [0.1, 0.15) is 6.21 Å². The van der Waals surface area contributed by atoms with Gasteiger partial charge < -0.3 is 0 Å². The summed E-state index contributed by atoms with van der Waals surface area (Å²) in [5, 5.41) is -0.702. The number of aliphatic imine (C=N–C) groups is 1. The van der Waals surface area contributed by atoms with Crippen LogP contribution in [-0.2, 0) is 9.84 Å². The molecule has 1 N–H and O–H groups in total. The van der Waals surface area contributed by atoms with Gasteiger partial charge in [-0.3, -0.25) is 0 Å². The van der Waals surface area contributed by atoms with Crippen LogP contribution in [0, 0.1) is 0 Å². The molecule has 0 radical (unpaired) electrons. The third-order valence-electron chi connectivity index (χ3n) is 2.92. The highest BCUT2D eigenvalue weighted by Crippen LogP contribution is 2.35. The Labute approximate surface area is 105 Å². The van der Waals surface area contributed by atoms with Gasteiger partial charge in [-0.25, -0.2) is 13.4 Å². The van der Waals surface area contributed by atoms with Crippen molar-refractivity contribution in [1.82, 2.24) is 0 Å². The third kappa shape index (κ3) is 1.64. The van der Waals surface area contributed by atoms with Crippen molar-refractivity contribution in [1.29, 1.82) is 0 Å². The fourth-order valence-corrected chi connectivity index (χ4v) is 3.58. The Morgan fingerprint density at radius 2 is 1.83 bits per heavy atom. The third-order valence-corrected chi connectivity index (χ3v) is 4.89. The summed E-state index contributed by atoms with van der Waals surface area (Å²) >= 11 is 0. The second kappa shape index (κ2) is 4.03. The number of aromatic nitrogens is 1. The summed E-state index contributed by atoms with van der Waals surface area (Å²) in [5.74, 6) is 0.613. The lowest BCUT2D eigenvalue weighted by Gasteiger charge is -2.08. The van der Waals surface area contributed by atoms with E-state index in [0.29, 0.717) is 16.3 Å². The number of nitrogens with one attached hydrogen (secondary N) is 1. The van der Waals surface area contributed by atoms with Crippen LogP contribution >= 0.6 is 0 Å². The van der Waals surface area contributed by atoms with E-state index in [1.807, 2.05) is 0 Å². The maximum atomic E-state index is 12.5. The van der Waals surface area contributed by atoms with Crippen LogP contribution in [0.5, 0.6) is 0 Å². The topological polar surface area (TPSA) is 60.6 Å². The molecule has 90 valence electrons. The molecule has 0 aliphatic carbocycles. The first-order valence-electron chi connectivity index (χ1n) is 5.53. The first-order valence-corrected chi connectivity index (χ1v) is 7.08. The van der Waals surface area contributed by atoms with Crippen molar-refractivity contribution in [2.45, 2.75) is 10.1 Å². The van der Waals surface area contributed by atoms with E-state index < -0.39 is 15.1 Å². The summed E-state index contributed by atoms with van der Waals surface area (Å²) in [7, 11) is -3.42. The van der Waals surface area contributed by atoms with E-state index in [1.165, 1.54) is 6.21 Å². The van der Waals surface area contributed by atoms with Gasteiger partial charge in [-0.2, -0.15) is 0 Å². The van der Waals surface area contributed by atoms with Crippen molar-refractivity contribution in [3.63, 3.8) is 0 Å². The van der Waals surface area contributed by atoms with Crippen LogP contribution in [0.1, 0.15) is 10.8 Å². The average molecular weight is 259 g/mol. The second-order valence-electron chi connectivity index (χ2n) is 4.03. The number of aromatic amines is 1. The van der Waals surface area contributed by atoms with E-state index in [0.717, 1.165) is 0 Å². The number of hydrogen-bond acceptors (Lipinski definition) is 3. The molecule has 2 aromatic rings. The van der Waals surface area contributed by atoms with E-state index in [4.69, 9.17) is 0 Å². The molecule has 1 aromatic heterocycles. The summed E-state index contributed by atoms with van der Waals surface area (Å²) in [6.45, 7) is 0. The molecule has 5 heteroatoms. The zero-order valence-corrected chi connectivity index (χ0v) is 10.3. The Balaban J connectivity index is 2.11. The summed E-state index contributed by atoms with van der Waals surface area (Å²) in [5.41, 5.74) is 0.696. The van der Waals surface area contributed by atoms with Crippen molar-refractivity contribution >= 4 is 21.9 Å². The number of nitrogens with zero attached hydrogens (tertiary/aromatic N) is 1. The van der Waals surface area contributed by atoms with E-state index >= 15 is 0 Å². The van der Waals surface area contributed by atoms with Gasteiger partial charge in [-0.15, -0.1) is 0 Å². The first-order chi connectivity index (χ1) is 8.69. The molecule has 1 unspecified atom stereocenters. The molecule has 2 heterocycles. The van der Waals surface area contributed by atoms with Crippen LogP contribution in [-0.4, -0.2) is 14.6 Å². The number of H-pyrrole nitrogens is 1. The Morgan fingerprint density at radius 3 is 2.61 bits per heavy atom. The van der Waals surface area contributed by atoms with Crippen LogP contribution in [0.4, 0.5) is 5.82 Å². The van der Waals surface area contributed by atoms with Crippen molar-refractivity contribution in [3.8, 4) is 0 Å². The standard InChI is InChI=1S/C13H10N2O2S/c16-18(17,10-5-2-1-3-6-10)12-9-15-13-11(12)7-4-8-14-13/h1-9,12H/p+1. The number of benzene rings is 1. The summed E-state index contributed by atoms with van der Waals surface area (Å²) in [6.07, 6.45) is 3.21. The molecule has 4 nitrogen and oxygen atoms in total. The highest BCUT2D eigenvalue weighted by atomic mass is 32.2. The van der Waals surface area contributed by atoms with Gasteiger partial charge in [0.25, 0.3) is 0 Å². The number of fused-ring (bicyclic) bond motifs is 1. The Hall–Kier alpha value is -2.01. The van der Waals surface area contributed by atoms with E-state index in [2.05, 4.69) is 9.98 Å². The van der Waals surface area contributed by atoms with Crippen molar-refractivity contribution in [3.05, 3.63) is 54.2 Å². The van der Waals surface area contributed by atoms with Gasteiger partial charge in [-0.1, -0.05) is 23.2 Å². The maximum Gasteiger partial charge on any atom is 0.325 e. The van der Waals surface area contributed by atoms with Gasteiger partial charge in [0, 0.05) is 0 Å². The minimum Gasteiger partial charge on any atom is -0.244 e. The summed E-state index contributed by atoms with van der Waals surface area (Å²) < 4.78 is 25.0. The molecule has 0 amide bonds. The molecule has 1 aliphatic heterocycles. The van der Waals surface area contributed by atoms with Crippen LogP contribution in [0.2, 0.25) is 0 Å². The number of rotatable bonds is 2. The monoisotopic (exact) mass is 259 g/mol. The van der Waals surface area contributed by atoms with Crippen LogP contribution in [0.25, 0.3) is 0 Å². The fourth-order valence-electron chi connectivity index (χ4n) is 2.01. The molecule has 1 aliphatic rings. The fraction of sp³-hybridized carbons (Fsp3) is 0.0769. The van der Waals surface area contributed by atoms with Gasteiger partial charge >= 0.3 is 5.82 Å². The van der Waals surface area contributed by atoms with E-state index in [1.54, 1.807) is 48.7 Å². The predicted molar refractivity (Wildman–Crippen MR) is 67.5 cm³/mol. The number of sulfone groups is 1. The molecule has 1 atom stereocenters. The van der Waals surface area contributed by atoms with Gasteiger partial charge in [0.15, 0.2) is 15.1 Å². The SMILES string of the molecule is O=S(=O)(c1ccccc1)C1C=Nc2[nH+]cccc21. The minimum absolute atomic E-state index is 0.318. The van der Waals surface area contributed by atoms with Crippen molar-refractivity contribution in [2.75, 3.05) is 0 Å². The van der Waals surface area contributed by atoms with E-state index in [-0.39, 0.29) is 0 Å².